The predicted octanol–water partition coefficient (Wildman–Crippen LogP) is 9.82. The normalized spacial score (nSPS) is 11.9. The minimum Gasteiger partial charge on any atom is -0.317 e. The van der Waals surface area contributed by atoms with Crippen LogP contribution in [-0.4, -0.2) is 13.7 Å². The van der Waals surface area contributed by atoms with Crippen LogP contribution in [0.4, 0.5) is 0 Å². The molecule has 9 aromatic rings. The monoisotopic (exact) mass is 523 g/mol. The van der Waals surface area contributed by atoms with Crippen LogP contribution in [0.1, 0.15) is 0 Å². The van der Waals surface area contributed by atoms with Crippen molar-refractivity contribution in [2.24, 2.45) is 0 Å². The Morgan fingerprint density at radius 2 is 0.829 bits per heavy atom. The molecule has 0 fully saturated rings. The minimum atomic E-state index is 1.16. The number of hydrogen-bond donors (Lipinski definition) is 0. The van der Waals surface area contributed by atoms with Gasteiger partial charge in [0.05, 0.1) is 27.6 Å². The summed E-state index contributed by atoms with van der Waals surface area (Å²) < 4.78 is 7.08. The summed E-state index contributed by atoms with van der Waals surface area (Å²) in [6.45, 7) is 0. The van der Waals surface area contributed by atoms with E-state index in [-0.39, 0.29) is 0 Å². The molecule has 0 saturated carbocycles. The molecule has 0 aliphatic carbocycles. The summed E-state index contributed by atoms with van der Waals surface area (Å²) >= 11 is 0. The van der Waals surface area contributed by atoms with Crippen molar-refractivity contribution in [3.05, 3.63) is 152 Å². The molecule has 0 spiro atoms. The summed E-state index contributed by atoms with van der Waals surface area (Å²) in [5.74, 6) is 0. The summed E-state index contributed by atoms with van der Waals surface area (Å²) in [6.07, 6.45) is 2.22. The van der Waals surface area contributed by atoms with Crippen LogP contribution < -0.4 is 0 Å². The largest absolute Gasteiger partial charge is 0.317 e. The highest BCUT2D eigenvalue weighted by atomic mass is 15.0. The molecule has 0 amide bonds. The van der Waals surface area contributed by atoms with Crippen LogP contribution in [0.3, 0.4) is 0 Å². The van der Waals surface area contributed by atoms with Gasteiger partial charge in [-0.1, -0.05) is 72.8 Å². The number of nitrogens with zero attached hydrogens (tertiary/aromatic N) is 3. The molecular formula is C38H25N3. The fourth-order valence-electron chi connectivity index (χ4n) is 6.73. The topological polar surface area (TPSA) is 14.8 Å². The molecule has 3 heteroatoms. The Balaban J connectivity index is 1.30. The number of hydrogen-bond acceptors (Lipinski definition) is 0. The summed E-state index contributed by atoms with van der Waals surface area (Å²) in [6, 6.07) is 52.4. The first-order chi connectivity index (χ1) is 20.4. The van der Waals surface area contributed by atoms with Gasteiger partial charge in [0.2, 0.25) is 0 Å². The zero-order valence-corrected chi connectivity index (χ0v) is 22.3. The maximum atomic E-state index is 2.38. The second-order valence-corrected chi connectivity index (χ2v) is 10.7. The lowest BCUT2D eigenvalue weighted by molar-refractivity contribution is 1.13. The standard InChI is InChI=1S/C38H25N3/c1-3-11-26(12-4-1)40-34-17-9-7-15-29(34)32-25-28(19-20-36(32)40)39-24-23-31-33(39)21-22-37-38(31)30-16-8-10-18-35(30)41(37)27-13-5-2-6-14-27/h1-25H. The second-order valence-electron chi connectivity index (χ2n) is 10.7. The fourth-order valence-corrected chi connectivity index (χ4v) is 6.73. The Morgan fingerprint density at radius 3 is 1.56 bits per heavy atom. The first kappa shape index (κ1) is 22.3. The van der Waals surface area contributed by atoms with Gasteiger partial charge in [0, 0.05) is 50.2 Å². The van der Waals surface area contributed by atoms with E-state index in [1.807, 2.05) is 0 Å². The third-order valence-electron chi connectivity index (χ3n) is 8.47. The zero-order valence-electron chi connectivity index (χ0n) is 22.3. The molecule has 0 aliphatic rings. The van der Waals surface area contributed by atoms with Crippen LogP contribution in [0, 0.1) is 0 Å². The molecule has 0 unspecified atom stereocenters. The molecule has 9 rings (SSSR count). The van der Waals surface area contributed by atoms with Gasteiger partial charge in [-0.15, -0.1) is 0 Å². The van der Waals surface area contributed by atoms with Crippen molar-refractivity contribution in [2.75, 3.05) is 0 Å². The number of rotatable bonds is 3. The minimum absolute atomic E-state index is 1.16. The third kappa shape index (κ3) is 3.14. The molecule has 0 radical (unpaired) electrons. The van der Waals surface area contributed by atoms with Crippen molar-refractivity contribution in [1.82, 2.24) is 13.7 Å². The average Bonchev–Trinajstić information content (AvgIpc) is 3.71. The number of benzene rings is 6. The molecule has 6 aromatic carbocycles. The van der Waals surface area contributed by atoms with E-state index in [1.165, 1.54) is 65.9 Å². The average molecular weight is 524 g/mol. The Morgan fingerprint density at radius 1 is 0.317 bits per heavy atom. The summed E-state index contributed by atoms with van der Waals surface area (Å²) in [4.78, 5) is 0. The van der Waals surface area contributed by atoms with Crippen LogP contribution in [0.15, 0.2) is 152 Å². The maximum Gasteiger partial charge on any atom is 0.0548 e. The van der Waals surface area contributed by atoms with E-state index in [0.717, 1.165) is 5.69 Å². The van der Waals surface area contributed by atoms with Gasteiger partial charge in [0.1, 0.15) is 0 Å². The first-order valence-corrected chi connectivity index (χ1v) is 14.0. The quantitative estimate of drug-likeness (QED) is 0.219. The van der Waals surface area contributed by atoms with Crippen molar-refractivity contribution in [1.29, 1.82) is 0 Å². The fraction of sp³-hybridized carbons (Fsp3) is 0. The highest BCUT2D eigenvalue weighted by Gasteiger charge is 2.17. The molecule has 0 aliphatic heterocycles. The van der Waals surface area contributed by atoms with Crippen molar-refractivity contribution in [3.63, 3.8) is 0 Å². The summed E-state index contributed by atoms with van der Waals surface area (Å²) in [5.41, 5.74) is 9.61. The highest BCUT2D eigenvalue weighted by Crippen LogP contribution is 2.39. The van der Waals surface area contributed by atoms with E-state index in [1.54, 1.807) is 0 Å². The lowest BCUT2D eigenvalue weighted by Crippen LogP contribution is -1.95. The molecule has 192 valence electrons. The highest BCUT2D eigenvalue weighted by molar-refractivity contribution is 6.21. The smallest absolute Gasteiger partial charge is 0.0548 e. The molecule has 0 N–H and O–H groups in total. The Labute approximate surface area is 236 Å². The van der Waals surface area contributed by atoms with Crippen LogP contribution in [0.5, 0.6) is 0 Å². The number of fused-ring (bicyclic) bond motifs is 8. The van der Waals surface area contributed by atoms with Crippen molar-refractivity contribution < 1.29 is 0 Å². The van der Waals surface area contributed by atoms with E-state index in [9.17, 15) is 0 Å². The SMILES string of the molecule is c1ccc(-n2c3ccccc3c3cc(-n4ccc5c6c7ccccc7n(-c7ccccc7)c6ccc54)ccc32)cc1. The molecule has 0 bridgehead atoms. The predicted molar refractivity (Wildman–Crippen MR) is 172 cm³/mol. The number of para-hydroxylation sites is 4. The summed E-state index contributed by atoms with van der Waals surface area (Å²) in [7, 11) is 0. The van der Waals surface area contributed by atoms with Gasteiger partial charge >= 0.3 is 0 Å². The zero-order chi connectivity index (χ0) is 26.9. The molecule has 41 heavy (non-hydrogen) atoms. The molecule has 3 heterocycles. The van der Waals surface area contributed by atoms with Gasteiger partial charge < -0.3 is 13.7 Å². The van der Waals surface area contributed by atoms with Gasteiger partial charge in [-0.3, -0.25) is 0 Å². The van der Waals surface area contributed by atoms with Gasteiger partial charge in [-0.2, -0.15) is 0 Å². The molecular weight excluding hydrogens is 498 g/mol. The van der Waals surface area contributed by atoms with Gasteiger partial charge in [-0.05, 0) is 72.8 Å². The second kappa shape index (κ2) is 8.48. The van der Waals surface area contributed by atoms with Crippen LogP contribution in [0.25, 0.3) is 71.6 Å². The maximum absolute atomic E-state index is 2.38. The van der Waals surface area contributed by atoms with E-state index >= 15 is 0 Å². The van der Waals surface area contributed by atoms with Crippen LogP contribution >= 0.6 is 0 Å². The number of aromatic nitrogens is 3. The molecule has 0 atom stereocenters. The molecule has 0 saturated heterocycles. The van der Waals surface area contributed by atoms with E-state index in [2.05, 4.69) is 165 Å². The van der Waals surface area contributed by atoms with Gasteiger partial charge in [0.15, 0.2) is 0 Å². The van der Waals surface area contributed by atoms with Crippen LogP contribution in [0.2, 0.25) is 0 Å². The van der Waals surface area contributed by atoms with Gasteiger partial charge in [-0.25, -0.2) is 0 Å². The van der Waals surface area contributed by atoms with Crippen molar-refractivity contribution in [2.45, 2.75) is 0 Å². The first-order valence-electron chi connectivity index (χ1n) is 14.0. The third-order valence-corrected chi connectivity index (χ3v) is 8.47. The summed E-state index contributed by atoms with van der Waals surface area (Å²) in [5, 5.41) is 6.35. The Hall–Kier alpha value is -5.54. The van der Waals surface area contributed by atoms with Crippen LogP contribution in [-0.2, 0) is 0 Å². The molecule has 3 nitrogen and oxygen atoms in total. The lowest BCUT2D eigenvalue weighted by atomic mass is 10.1. The van der Waals surface area contributed by atoms with Crippen molar-refractivity contribution in [3.8, 4) is 17.1 Å². The van der Waals surface area contributed by atoms with Crippen molar-refractivity contribution >= 4 is 54.5 Å². The Bertz CT molecular complexity index is 2400. The van der Waals surface area contributed by atoms with E-state index in [4.69, 9.17) is 0 Å². The van der Waals surface area contributed by atoms with E-state index < -0.39 is 0 Å². The lowest BCUT2D eigenvalue weighted by Gasteiger charge is -2.10. The van der Waals surface area contributed by atoms with Gasteiger partial charge in [0.25, 0.3) is 0 Å². The molecule has 3 aromatic heterocycles. The Kier molecular flexibility index (Phi) is 4.61. The van der Waals surface area contributed by atoms with E-state index in [0.29, 0.717) is 0 Å².